The average molecular weight is 274 g/mol. The Bertz CT molecular complexity index is 641. The second kappa shape index (κ2) is 5.27. The van der Waals surface area contributed by atoms with E-state index in [4.69, 9.17) is 0 Å². The van der Waals surface area contributed by atoms with Gasteiger partial charge in [-0.05, 0) is 31.4 Å². The van der Waals surface area contributed by atoms with Crippen LogP contribution >= 0.6 is 0 Å². The minimum absolute atomic E-state index is 0.173. The third-order valence-electron chi connectivity index (χ3n) is 4.18. The molecule has 2 aromatic rings. The molecule has 0 unspecified atom stereocenters. The number of fused-ring (bicyclic) bond motifs is 1. The summed E-state index contributed by atoms with van der Waals surface area (Å²) in [6.45, 7) is 1.90. The van der Waals surface area contributed by atoms with Gasteiger partial charge in [0.05, 0.1) is 11.1 Å². The monoisotopic (exact) mass is 274 g/mol. The molecule has 1 aromatic heterocycles. The van der Waals surface area contributed by atoms with Gasteiger partial charge in [-0.1, -0.05) is 25.3 Å². The maximum absolute atomic E-state index is 14.0. The van der Waals surface area contributed by atoms with E-state index in [9.17, 15) is 9.18 Å². The third kappa shape index (κ3) is 2.30. The van der Waals surface area contributed by atoms with Gasteiger partial charge < -0.3 is 10.3 Å². The summed E-state index contributed by atoms with van der Waals surface area (Å²) in [5, 5.41) is 3.44. The van der Waals surface area contributed by atoms with Crippen molar-refractivity contribution in [1.82, 2.24) is 10.3 Å². The number of nitrogens with one attached hydrogen (secondary N) is 2. The van der Waals surface area contributed by atoms with Crippen molar-refractivity contribution in [1.29, 1.82) is 0 Å². The molecule has 0 atom stereocenters. The Balaban J connectivity index is 1.89. The first-order valence-electron chi connectivity index (χ1n) is 7.24. The molecule has 2 N–H and O–H groups in total. The number of aryl methyl sites for hydroxylation is 1. The summed E-state index contributed by atoms with van der Waals surface area (Å²) in [5.74, 6) is -0.520. The number of aromatic nitrogens is 1. The molecule has 3 rings (SSSR count). The van der Waals surface area contributed by atoms with Gasteiger partial charge in [0.2, 0.25) is 0 Å². The lowest BCUT2D eigenvalue weighted by atomic mass is 9.95. The first-order chi connectivity index (χ1) is 9.66. The predicted molar refractivity (Wildman–Crippen MR) is 77.3 cm³/mol. The van der Waals surface area contributed by atoms with Crippen LogP contribution < -0.4 is 5.32 Å². The fourth-order valence-corrected chi connectivity index (χ4v) is 3.04. The number of carbonyl (C=O) groups is 1. The lowest BCUT2D eigenvalue weighted by Gasteiger charge is -2.22. The van der Waals surface area contributed by atoms with Crippen molar-refractivity contribution in [3.8, 4) is 0 Å². The van der Waals surface area contributed by atoms with Crippen molar-refractivity contribution >= 4 is 16.8 Å². The Morgan fingerprint density at radius 1 is 1.30 bits per heavy atom. The molecule has 1 aromatic carbocycles. The van der Waals surface area contributed by atoms with Crippen LogP contribution in [-0.2, 0) is 0 Å². The first-order valence-corrected chi connectivity index (χ1v) is 7.24. The number of aromatic amines is 1. The van der Waals surface area contributed by atoms with Crippen molar-refractivity contribution in [3.05, 3.63) is 35.3 Å². The lowest BCUT2D eigenvalue weighted by molar-refractivity contribution is 0.0929. The van der Waals surface area contributed by atoms with E-state index in [2.05, 4.69) is 10.3 Å². The standard InChI is InChI=1S/C16H19FN2O/c1-10-7-8-13(17)14-12(9-18-15(10)14)16(20)19-11-5-3-2-4-6-11/h7-9,11,18H,2-6H2,1H3,(H,19,20). The maximum atomic E-state index is 14.0. The summed E-state index contributed by atoms with van der Waals surface area (Å²) in [7, 11) is 0. The van der Waals surface area contributed by atoms with E-state index in [-0.39, 0.29) is 17.8 Å². The van der Waals surface area contributed by atoms with E-state index in [1.165, 1.54) is 12.5 Å². The number of H-pyrrole nitrogens is 1. The van der Waals surface area contributed by atoms with Gasteiger partial charge in [0, 0.05) is 17.6 Å². The topological polar surface area (TPSA) is 44.9 Å². The average Bonchev–Trinajstić information content (AvgIpc) is 2.90. The van der Waals surface area contributed by atoms with Crippen LogP contribution in [0.5, 0.6) is 0 Å². The highest BCUT2D eigenvalue weighted by Gasteiger charge is 2.20. The summed E-state index contributed by atoms with van der Waals surface area (Å²) in [6.07, 6.45) is 7.22. The van der Waals surface area contributed by atoms with Crippen LogP contribution in [-0.4, -0.2) is 16.9 Å². The summed E-state index contributed by atoms with van der Waals surface area (Å²) in [6, 6.07) is 3.37. The summed E-state index contributed by atoms with van der Waals surface area (Å²) < 4.78 is 14.0. The Kier molecular flexibility index (Phi) is 3.47. The fourth-order valence-electron chi connectivity index (χ4n) is 3.04. The Labute approximate surface area is 117 Å². The highest BCUT2D eigenvalue weighted by atomic mass is 19.1. The second-order valence-corrected chi connectivity index (χ2v) is 5.63. The SMILES string of the molecule is Cc1ccc(F)c2c(C(=O)NC3CCCCC3)c[nH]c12. The van der Waals surface area contributed by atoms with Crippen LogP contribution in [0.1, 0.15) is 48.0 Å². The van der Waals surface area contributed by atoms with Gasteiger partial charge in [0.1, 0.15) is 5.82 Å². The molecule has 20 heavy (non-hydrogen) atoms. The smallest absolute Gasteiger partial charge is 0.253 e. The molecule has 0 bridgehead atoms. The molecule has 4 heteroatoms. The molecule has 1 fully saturated rings. The number of rotatable bonds is 2. The van der Waals surface area contributed by atoms with E-state index in [0.717, 1.165) is 31.2 Å². The van der Waals surface area contributed by atoms with E-state index >= 15 is 0 Å². The van der Waals surface area contributed by atoms with Crippen molar-refractivity contribution < 1.29 is 9.18 Å². The van der Waals surface area contributed by atoms with Gasteiger partial charge in [-0.15, -0.1) is 0 Å². The van der Waals surface area contributed by atoms with Crippen LogP contribution in [0.15, 0.2) is 18.3 Å². The molecule has 0 spiro atoms. The third-order valence-corrected chi connectivity index (χ3v) is 4.18. The van der Waals surface area contributed by atoms with Gasteiger partial charge >= 0.3 is 0 Å². The first kappa shape index (κ1) is 13.2. The van der Waals surface area contributed by atoms with Crippen LogP contribution in [0, 0.1) is 12.7 Å². The van der Waals surface area contributed by atoms with Crippen molar-refractivity contribution in [3.63, 3.8) is 0 Å². The zero-order chi connectivity index (χ0) is 14.1. The molecule has 1 saturated carbocycles. The lowest BCUT2D eigenvalue weighted by Crippen LogP contribution is -2.36. The molecular formula is C16H19FN2O. The molecule has 1 aliphatic carbocycles. The molecule has 0 saturated heterocycles. The molecule has 106 valence electrons. The Morgan fingerprint density at radius 2 is 2.05 bits per heavy atom. The van der Waals surface area contributed by atoms with Crippen molar-refractivity contribution in [2.75, 3.05) is 0 Å². The van der Waals surface area contributed by atoms with Gasteiger partial charge in [-0.2, -0.15) is 0 Å². The van der Waals surface area contributed by atoms with Gasteiger partial charge in [0.25, 0.3) is 5.91 Å². The largest absolute Gasteiger partial charge is 0.360 e. The molecular weight excluding hydrogens is 255 g/mol. The van der Waals surface area contributed by atoms with Gasteiger partial charge in [-0.3, -0.25) is 4.79 Å². The van der Waals surface area contributed by atoms with Crippen LogP contribution in [0.25, 0.3) is 10.9 Å². The van der Waals surface area contributed by atoms with E-state index < -0.39 is 0 Å². The maximum Gasteiger partial charge on any atom is 0.253 e. The molecule has 1 amide bonds. The summed E-state index contributed by atoms with van der Waals surface area (Å²) >= 11 is 0. The van der Waals surface area contributed by atoms with Crippen LogP contribution in [0.2, 0.25) is 0 Å². The molecule has 1 heterocycles. The molecule has 3 nitrogen and oxygen atoms in total. The normalized spacial score (nSPS) is 16.5. The molecule has 0 aliphatic heterocycles. The number of amides is 1. The van der Waals surface area contributed by atoms with Crippen molar-refractivity contribution in [2.45, 2.75) is 45.1 Å². The summed E-state index contributed by atoms with van der Waals surface area (Å²) in [4.78, 5) is 15.4. The predicted octanol–water partition coefficient (Wildman–Crippen LogP) is 3.68. The molecule has 0 radical (unpaired) electrons. The number of hydrogen-bond acceptors (Lipinski definition) is 1. The Hall–Kier alpha value is -1.84. The highest BCUT2D eigenvalue weighted by molar-refractivity contribution is 6.07. The number of benzene rings is 1. The quantitative estimate of drug-likeness (QED) is 0.862. The van der Waals surface area contributed by atoms with Crippen LogP contribution in [0.3, 0.4) is 0 Å². The second-order valence-electron chi connectivity index (χ2n) is 5.63. The fraction of sp³-hybridized carbons (Fsp3) is 0.438. The van der Waals surface area contributed by atoms with Gasteiger partial charge in [0.15, 0.2) is 0 Å². The minimum Gasteiger partial charge on any atom is -0.360 e. The van der Waals surface area contributed by atoms with Crippen molar-refractivity contribution in [2.24, 2.45) is 0 Å². The highest BCUT2D eigenvalue weighted by Crippen LogP contribution is 2.25. The number of hydrogen-bond donors (Lipinski definition) is 2. The van der Waals surface area contributed by atoms with E-state index in [0.29, 0.717) is 16.5 Å². The zero-order valence-electron chi connectivity index (χ0n) is 11.6. The van der Waals surface area contributed by atoms with Crippen LogP contribution in [0.4, 0.5) is 4.39 Å². The Morgan fingerprint density at radius 3 is 2.80 bits per heavy atom. The zero-order valence-corrected chi connectivity index (χ0v) is 11.6. The van der Waals surface area contributed by atoms with Gasteiger partial charge in [-0.25, -0.2) is 4.39 Å². The number of halogens is 1. The summed E-state index contributed by atoms with van der Waals surface area (Å²) in [5.41, 5.74) is 2.06. The number of carbonyl (C=O) groups excluding carboxylic acids is 1. The van der Waals surface area contributed by atoms with E-state index in [1.807, 2.05) is 6.92 Å². The van der Waals surface area contributed by atoms with E-state index in [1.54, 1.807) is 12.3 Å². The minimum atomic E-state index is -0.347. The molecule has 1 aliphatic rings.